The highest BCUT2D eigenvalue weighted by atomic mass is 16.5. The Hall–Kier alpha value is -3.71. The molecule has 1 aromatic heterocycles. The van der Waals surface area contributed by atoms with E-state index < -0.39 is 18.0 Å². The summed E-state index contributed by atoms with van der Waals surface area (Å²) < 4.78 is 9.33. The van der Waals surface area contributed by atoms with Crippen LogP contribution in [0.2, 0.25) is 0 Å². The van der Waals surface area contributed by atoms with Gasteiger partial charge in [0.2, 0.25) is 17.7 Å². The lowest BCUT2D eigenvalue weighted by atomic mass is 9.77. The van der Waals surface area contributed by atoms with Gasteiger partial charge in [-0.1, -0.05) is 26.8 Å². The largest absolute Gasteiger partial charge is 0.465 e. The Morgan fingerprint density at radius 3 is 2.40 bits per heavy atom. The smallest absolute Gasteiger partial charge is 0.407 e. The van der Waals surface area contributed by atoms with Crippen LogP contribution in [0.4, 0.5) is 4.79 Å². The van der Waals surface area contributed by atoms with Gasteiger partial charge in [-0.25, -0.2) is 9.59 Å². The molecule has 13 heteroatoms. The van der Waals surface area contributed by atoms with E-state index in [1.165, 1.54) is 9.47 Å². The standard InChI is InChI=1S/C35H50N6O7/c1-35(2,3)29-21-39(15-16-40(29)34(46)47)32(44)23-19-24(20-23)38-13-11-25(12-14-38)48-17-5-6-22-7-8-26-28(18-22)37(4)33(45)41(26)27-9-10-30(42)36-31(27)43/h7-8,18,23-25,27,29H,5-6,9-17,19-21H2,1-4H3,(H,46,47)(H,36,42,43)/t23-,24-,27?,29?. The van der Waals surface area contributed by atoms with Crippen molar-refractivity contribution >= 4 is 34.8 Å². The van der Waals surface area contributed by atoms with E-state index in [1.54, 1.807) is 11.6 Å². The fraction of sp³-hybridized carbons (Fsp3) is 0.686. The minimum Gasteiger partial charge on any atom is -0.465 e. The number of imidazole rings is 1. The number of nitrogens with zero attached hydrogens (tertiary/aromatic N) is 5. The number of carboxylic acid groups (broad SMARTS) is 1. The minimum atomic E-state index is -0.912. The van der Waals surface area contributed by atoms with Gasteiger partial charge in [0.15, 0.2) is 0 Å². The maximum Gasteiger partial charge on any atom is 0.407 e. The van der Waals surface area contributed by atoms with Crippen molar-refractivity contribution in [2.24, 2.45) is 18.4 Å². The number of piperazine rings is 1. The van der Waals surface area contributed by atoms with Crippen LogP contribution in [0.3, 0.4) is 0 Å². The maximum absolute atomic E-state index is 13.3. The van der Waals surface area contributed by atoms with Crippen LogP contribution in [0.1, 0.15) is 77.3 Å². The summed E-state index contributed by atoms with van der Waals surface area (Å²) in [5, 5.41) is 12.0. The minimum absolute atomic E-state index is 0.0265. The third-order valence-corrected chi connectivity index (χ3v) is 11.0. The number of fused-ring (bicyclic) bond motifs is 1. The highest BCUT2D eigenvalue weighted by Gasteiger charge is 2.44. The molecule has 2 atom stereocenters. The number of rotatable bonds is 8. The van der Waals surface area contributed by atoms with Crippen molar-refractivity contribution in [3.8, 4) is 0 Å². The van der Waals surface area contributed by atoms with Gasteiger partial charge in [-0.15, -0.1) is 0 Å². The van der Waals surface area contributed by atoms with Gasteiger partial charge >= 0.3 is 11.8 Å². The Kier molecular flexibility index (Phi) is 9.72. The van der Waals surface area contributed by atoms with E-state index in [0.29, 0.717) is 44.2 Å². The van der Waals surface area contributed by atoms with Crippen LogP contribution in [0.25, 0.3) is 11.0 Å². The predicted octanol–water partition coefficient (Wildman–Crippen LogP) is 2.75. The lowest BCUT2D eigenvalue weighted by molar-refractivity contribution is -0.145. The van der Waals surface area contributed by atoms with Crippen LogP contribution in [-0.4, -0.2) is 110 Å². The van der Waals surface area contributed by atoms with Crippen molar-refractivity contribution in [3.63, 3.8) is 0 Å². The summed E-state index contributed by atoms with van der Waals surface area (Å²) >= 11 is 0. The van der Waals surface area contributed by atoms with Gasteiger partial charge in [0, 0.05) is 64.8 Å². The van der Waals surface area contributed by atoms with Crippen LogP contribution >= 0.6 is 0 Å². The molecule has 262 valence electrons. The fourth-order valence-corrected chi connectivity index (χ4v) is 8.03. The van der Waals surface area contributed by atoms with E-state index >= 15 is 0 Å². The summed E-state index contributed by atoms with van der Waals surface area (Å²) in [4.78, 5) is 68.1. The van der Waals surface area contributed by atoms with Crippen LogP contribution < -0.4 is 11.0 Å². The molecular formula is C35H50N6O7. The summed E-state index contributed by atoms with van der Waals surface area (Å²) in [6.45, 7) is 9.99. The van der Waals surface area contributed by atoms with Crippen molar-refractivity contribution in [2.75, 3.05) is 39.3 Å². The zero-order valence-corrected chi connectivity index (χ0v) is 28.7. The van der Waals surface area contributed by atoms with Crippen molar-refractivity contribution in [1.82, 2.24) is 29.2 Å². The number of aryl methyl sites for hydroxylation is 2. The van der Waals surface area contributed by atoms with Gasteiger partial charge in [0.05, 0.1) is 23.2 Å². The van der Waals surface area contributed by atoms with E-state index in [-0.39, 0.29) is 47.4 Å². The van der Waals surface area contributed by atoms with Crippen molar-refractivity contribution < 1.29 is 29.0 Å². The predicted molar refractivity (Wildman–Crippen MR) is 179 cm³/mol. The van der Waals surface area contributed by atoms with Crippen LogP contribution in [0, 0.1) is 11.3 Å². The van der Waals surface area contributed by atoms with E-state index in [1.807, 2.05) is 43.9 Å². The van der Waals surface area contributed by atoms with Gasteiger partial charge < -0.3 is 24.5 Å². The first-order valence-electron chi connectivity index (χ1n) is 17.5. The number of carbonyl (C=O) groups excluding carboxylic acids is 3. The highest BCUT2D eigenvalue weighted by molar-refractivity contribution is 6.00. The zero-order chi connectivity index (χ0) is 34.3. The summed E-state index contributed by atoms with van der Waals surface area (Å²) in [6, 6.07) is 5.43. The highest BCUT2D eigenvalue weighted by Crippen LogP contribution is 2.36. The molecule has 4 fully saturated rings. The monoisotopic (exact) mass is 666 g/mol. The van der Waals surface area contributed by atoms with Gasteiger partial charge in [0.1, 0.15) is 6.04 Å². The number of benzene rings is 1. The summed E-state index contributed by atoms with van der Waals surface area (Å²) in [5.41, 5.74) is 2.06. The second-order valence-corrected chi connectivity index (χ2v) is 15.2. The van der Waals surface area contributed by atoms with Gasteiger partial charge in [0.25, 0.3) is 0 Å². The molecule has 0 bridgehead atoms. The molecule has 0 spiro atoms. The maximum atomic E-state index is 13.3. The van der Waals surface area contributed by atoms with Crippen molar-refractivity contribution in [2.45, 2.75) is 96.4 Å². The Bertz CT molecular complexity index is 1610. The Labute approximate surface area is 281 Å². The number of nitrogens with one attached hydrogen (secondary N) is 1. The van der Waals surface area contributed by atoms with Crippen LogP contribution in [-0.2, 0) is 32.6 Å². The first-order valence-corrected chi connectivity index (χ1v) is 17.5. The fourth-order valence-electron chi connectivity index (χ4n) is 8.03. The van der Waals surface area contributed by atoms with E-state index in [9.17, 15) is 29.1 Å². The topological polar surface area (TPSA) is 146 Å². The first kappa shape index (κ1) is 34.2. The second kappa shape index (κ2) is 13.7. The Morgan fingerprint density at radius 2 is 1.73 bits per heavy atom. The lowest BCUT2D eigenvalue weighted by Crippen LogP contribution is -2.62. The van der Waals surface area contributed by atoms with E-state index in [4.69, 9.17) is 4.74 Å². The summed E-state index contributed by atoms with van der Waals surface area (Å²) in [7, 11) is 1.71. The number of imide groups is 1. The molecule has 2 aromatic rings. The number of amides is 4. The quantitative estimate of drug-likeness (QED) is 0.323. The summed E-state index contributed by atoms with van der Waals surface area (Å²) in [6.07, 6.45) is 5.21. The Morgan fingerprint density at radius 1 is 1.00 bits per heavy atom. The average molecular weight is 667 g/mol. The number of likely N-dealkylation sites (tertiary alicyclic amines) is 1. The van der Waals surface area contributed by atoms with Gasteiger partial charge in [-0.05, 0) is 68.1 Å². The normalized spacial score (nSPS) is 26.1. The molecule has 1 saturated carbocycles. The molecule has 2 unspecified atom stereocenters. The molecule has 2 N–H and O–H groups in total. The third kappa shape index (κ3) is 6.89. The van der Waals surface area contributed by atoms with Crippen LogP contribution in [0.5, 0.6) is 0 Å². The molecule has 1 aromatic carbocycles. The number of carbonyl (C=O) groups is 4. The molecule has 3 aliphatic heterocycles. The van der Waals surface area contributed by atoms with Gasteiger partial charge in [-0.3, -0.25) is 28.8 Å². The SMILES string of the molecule is Cn1c(=O)n(C2CCC(=O)NC2=O)c2ccc(CCCOC3CCN([C@H]4C[C@H](C(=O)N5CCN(C(=O)O)C(C(C)(C)C)C5)C4)CC3)cc21. The number of aromatic nitrogens is 2. The van der Waals surface area contributed by atoms with E-state index in [0.717, 1.165) is 62.7 Å². The number of piperidine rings is 2. The molecular weight excluding hydrogens is 616 g/mol. The average Bonchev–Trinajstić information content (AvgIpc) is 3.27. The molecule has 48 heavy (non-hydrogen) atoms. The number of hydrogen-bond acceptors (Lipinski definition) is 7. The second-order valence-electron chi connectivity index (χ2n) is 15.2. The zero-order valence-electron chi connectivity index (χ0n) is 28.7. The third-order valence-electron chi connectivity index (χ3n) is 11.0. The molecule has 4 amide bonds. The van der Waals surface area contributed by atoms with Gasteiger partial charge in [-0.2, -0.15) is 0 Å². The number of hydrogen-bond donors (Lipinski definition) is 2. The molecule has 4 aliphatic rings. The van der Waals surface area contributed by atoms with Crippen molar-refractivity contribution in [1.29, 1.82) is 0 Å². The van der Waals surface area contributed by atoms with Crippen molar-refractivity contribution in [3.05, 3.63) is 34.2 Å². The molecule has 1 aliphatic carbocycles. The first-order chi connectivity index (χ1) is 22.8. The van der Waals surface area contributed by atoms with E-state index in [2.05, 4.69) is 10.2 Å². The Balaban J connectivity index is 0.919. The molecule has 0 radical (unpaired) electrons. The lowest BCUT2D eigenvalue weighted by Gasteiger charge is -2.49. The van der Waals surface area contributed by atoms with Crippen LogP contribution in [0.15, 0.2) is 23.0 Å². The molecule has 6 rings (SSSR count). The molecule has 13 nitrogen and oxygen atoms in total. The number of ether oxygens (including phenoxy) is 1. The molecule has 4 heterocycles. The molecule has 3 saturated heterocycles. The summed E-state index contributed by atoms with van der Waals surface area (Å²) in [5.74, 6) is -0.531.